The van der Waals surface area contributed by atoms with E-state index < -0.39 is 16.1 Å². The van der Waals surface area contributed by atoms with Crippen LogP contribution in [0, 0.1) is 13.8 Å². The second kappa shape index (κ2) is 6.27. The second-order valence-corrected chi connectivity index (χ2v) is 7.41. The van der Waals surface area contributed by atoms with Crippen molar-refractivity contribution in [2.24, 2.45) is 0 Å². The van der Waals surface area contributed by atoms with Crippen LogP contribution >= 0.6 is 0 Å². The van der Waals surface area contributed by atoms with Gasteiger partial charge in [-0.05, 0) is 38.3 Å². The number of aromatic nitrogens is 1. The smallest absolute Gasteiger partial charge is 0.326 e. The van der Waals surface area contributed by atoms with E-state index in [1.807, 2.05) is 12.1 Å². The second-order valence-electron chi connectivity index (χ2n) is 5.81. The highest BCUT2D eigenvalue weighted by Gasteiger charge is 2.29. The molecule has 2 aromatic rings. The number of hydrogen-bond donors (Lipinski definition) is 1. The average Bonchev–Trinajstić information content (AvgIpc) is 2.85. The van der Waals surface area contributed by atoms with Gasteiger partial charge in [0.05, 0.1) is 17.8 Å². The minimum absolute atomic E-state index is 0.0874. The van der Waals surface area contributed by atoms with Gasteiger partial charge in [-0.15, -0.1) is 0 Å². The van der Waals surface area contributed by atoms with Crippen molar-refractivity contribution in [2.75, 3.05) is 10.8 Å². The summed E-state index contributed by atoms with van der Waals surface area (Å²) in [5.41, 5.74) is 2.79. The number of aryl methyl sites for hydroxylation is 3. The highest BCUT2D eigenvalue weighted by molar-refractivity contribution is 7.91. The Balaban J connectivity index is 1.79. The van der Waals surface area contributed by atoms with Crippen LogP contribution in [-0.2, 0) is 27.8 Å². The first kappa shape index (κ1) is 16.5. The molecule has 128 valence electrons. The van der Waals surface area contributed by atoms with Gasteiger partial charge < -0.3 is 4.52 Å². The van der Waals surface area contributed by atoms with E-state index in [4.69, 9.17) is 4.52 Å². The number of hydrogen-bond acceptors (Lipinski definition) is 5. The molecule has 0 unspecified atom stereocenters. The van der Waals surface area contributed by atoms with E-state index in [1.54, 1.807) is 26.0 Å². The van der Waals surface area contributed by atoms with Crippen molar-refractivity contribution >= 4 is 21.8 Å². The normalized spacial score (nSPS) is 14.3. The number of para-hydroxylation sites is 1. The standard InChI is InChI=1S/C16H19N3O4S/c1-11-14(12(2)23-17-11)10-16(20)18-24(21,22)19-9-5-7-13-6-3-4-8-15(13)19/h3-4,6,8H,5,7,9-10H2,1-2H3,(H,18,20). The highest BCUT2D eigenvalue weighted by Crippen LogP contribution is 2.28. The molecule has 0 saturated heterocycles. The minimum atomic E-state index is -3.94. The van der Waals surface area contributed by atoms with Crippen LogP contribution < -0.4 is 9.03 Å². The molecule has 0 fully saturated rings. The lowest BCUT2D eigenvalue weighted by Crippen LogP contribution is -2.46. The van der Waals surface area contributed by atoms with Gasteiger partial charge in [-0.25, -0.2) is 4.72 Å². The van der Waals surface area contributed by atoms with Crippen LogP contribution in [0.15, 0.2) is 28.8 Å². The lowest BCUT2D eigenvalue weighted by Gasteiger charge is -2.30. The third kappa shape index (κ3) is 3.14. The van der Waals surface area contributed by atoms with E-state index in [0.717, 1.165) is 18.4 Å². The third-order valence-corrected chi connectivity index (χ3v) is 5.56. The number of carbonyl (C=O) groups is 1. The molecule has 3 rings (SSSR count). The lowest BCUT2D eigenvalue weighted by molar-refractivity contribution is -0.118. The Morgan fingerprint density at radius 3 is 2.79 bits per heavy atom. The summed E-state index contributed by atoms with van der Waals surface area (Å²) < 4.78 is 33.6. The molecule has 8 heteroatoms. The van der Waals surface area contributed by atoms with E-state index in [1.165, 1.54) is 4.31 Å². The maximum atomic E-state index is 12.6. The fourth-order valence-corrected chi connectivity index (χ4v) is 4.18. The predicted octanol–water partition coefficient (Wildman–Crippen LogP) is 1.65. The SMILES string of the molecule is Cc1noc(C)c1CC(=O)NS(=O)(=O)N1CCCc2ccccc21. The van der Waals surface area contributed by atoms with Gasteiger partial charge in [-0.1, -0.05) is 23.4 Å². The van der Waals surface area contributed by atoms with Gasteiger partial charge in [-0.3, -0.25) is 9.10 Å². The number of fused-ring (bicyclic) bond motifs is 1. The Morgan fingerprint density at radius 1 is 1.33 bits per heavy atom. The molecule has 7 nitrogen and oxygen atoms in total. The summed E-state index contributed by atoms with van der Waals surface area (Å²) in [6, 6.07) is 7.33. The molecule has 0 atom stereocenters. The van der Waals surface area contributed by atoms with E-state index in [-0.39, 0.29) is 6.42 Å². The van der Waals surface area contributed by atoms with Crippen LogP contribution in [0.3, 0.4) is 0 Å². The zero-order valence-corrected chi connectivity index (χ0v) is 14.4. The molecule has 0 bridgehead atoms. The number of nitrogens with one attached hydrogen (secondary N) is 1. The Morgan fingerprint density at radius 2 is 2.08 bits per heavy atom. The van der Waals surface area contributed by atoms with Crippen molar-refractivity contribution < 1.29 is 17.7 Å². The maximum Gasteiger partial charge on any atom is 0.326 e. The van der Waals surface area contributed by atoms with E-state index in [2.05, 4.69) is 9.88 Å². The summed E-state index contributed by atoms with van der Waals surface area (Å²) in [4.78, 5) is 12.2. The van der Waals surface area contributed by atoms with Crippen LogP contribution in [-0.4, -0.2) is 26.0 Å². The Kier molecular flexibility index (Phi) is 4.31. The zero-order chi connectivity index (χ0) is 17.3. The zero-order valence-electron chi connectivity index (χ0n) is 13.6. The topological polar surface area (TPSA) is 92.5 Å². The van der Waals surface area contributed by atoms with Gasteiger partial charge in [-0.2, -0.15) is 8.42 Å². The van der Waals surface area contributed by atoms with Crippen molar-refractivity contribution in [2.45, 2.75) is 33.1 Å². The van der Waals surface area contributed by atoms with Crippen LogP contribution in [0.25, 0.3) is 0 Å². The first-order chi connectivity index (χ1) is 11.4. The van der Waals surface area contributed by atoms with Crippen molar-refractivity contribution in [3.05, 3.63) is 46.8 Å². The molecule has 1 aromatic carbocycles. The number of anilines is 1. The van der Waals surface area contributed by atoms with Gasteiger partial charge in [0.1, 0.15) is 5.76 Å². The summed E-state index contributed by atoms with van der Waals surface area (Å²) in [7, 11) is -3.94. The van der Waals surface area contributed by atoms with Gasteiger partial charge in [0.15, 0.2) is 0 Å². The van der Waals surface area contributed by atoms with Gasteiger partial charge in [0, 0.05) is 12.1 Å². The summed E-state index contributed by atoms with van der Waals surface area (Å²) in [6.45, 7) is 3.76. The molecule has 0 spiro atoms. The van der Waals surface area contributed by atoms with Crippen molar-refractivity contribution in [1.82, 2.24) is 9.88 Å². The third-order valence-electron chi connectivity index (χ3n) is 4.12. The molecule has 24 heavy (non-hydrogen) atoms. The molecule has 0 aliphatic carbocycles. The molecule has 1 aromatic heterocycles. The first-order valence-corrected chi connectivity index (χ1v) is 9.15. The Bertz CT molecular complexity index is 854. The number of amides is 1. The molecule has 0 saturated carbocycles. The lowest BCUT2D eigenvalue weighted by atomic mass is 10.0. The summed E-state index contributed by atoms with van der Waals surface area (Å²) >= 11 is 0. The maximum absolute atomic E-state index is 12.6. The number of nitrogens with zero attached hydrogens (tertiary/aromatic N) is 2. The molecular weight excluding hydrogens is 330 g/mol. The minimum Gasteiger partial charge on any atom is -0.361 e. The van der Waals surface area contributed by atoms with E-state index in [9.17, 15) is 13.2 Å². The molecule has 1 aliphatic heterocycles. The van der Waals surface area contributed by atoms with Crippen LogP contribution in [0.2, 0.25) is 0 Å². The number of rotatable bonds is 4. The van der Waals surface area contributed by atoms with Crippen LogP contribution in [0.5, 0.6) is 0 Å². The first-order valence-electron chi connectivity index (χ1n) is 7.71. The van der Waals surface area contributed by atoms with Crippen molar-refractivity contribution in [3.8, 4) is 0 Å². The quantitative estimate of drug-likeness (QED) is 0.906. The molecule has 1 amide bonds. The molecular formula is C16H19N3O4S. The average molecular weight is 349 g/mol. The fourth-order valence-electron chi connectivity index (χ4n) is 2.90. The van der Waals surface area contributed by atoms with Gasteiger partial charge in [0.25, 0.3) is 0 Å². The molecule has 2 heterocycles. The van der Waals surface area contributed by atoms with Crippen LogP contribution in [0.1, 0.15) is 29.0 Å². The van der Waals surface area contributed by atoms with Crippen molar-refractivity contribution in [3.63, 3.8) is 0 Å². The highest BCUT2D eigenvalue weighted by atomic mass is 32.2. The molecule has 1 aliphatic rings. The summed E-state index contributed by atoms with van der Waals surface area (Å²) in [6.07, 6.45) is 1.46. The Hall–Kier alpha value is -2.35. The largest absolute Gasteiger partial charge is 0.361 e. The fraction of sp³-hybridized carbons (Fsp3) is 0.375. The molecule has 1 N–H and O–H groups in total. The monoisotopic (exact) mass is 349 g/mol. The predicted molar refractivity (Wildman–Crippen MR) is 88.9 cm³/mol. The van der Waals surface area contributed by atoms with Gasteiger partial charge in [0.2, 0.25) is 5.91 Å². The number of carbonyl (C=O) groups excluding carboxylic acids is 1. The van der Waals surface area contributed by atoms with Gasteiger partial charge >= 0.3 is 10.2 Å². The van der Waals surface area contributed by atoms with E-state index >= 15 is 0 Å². The molecule has 0 radical (unpaired) electrons. The van der Waals surface area contributed by atoms with Crippen LogP contribution in [0.4, 0.5) is 5.69 Å². The Labute approximate surface area is 140 Å². The number of benzene rings is 1. The summed E-state index contributed by atoms with van der Waals surface area (Å²) in [5.74, 6) is -0.0872. The van der Waals surface area contributed by atoms with Crippen molar-refractivity contribution in [1.29, 1.82) is 0 Å². The van der Waals surface area contributed by atoms with E-state index in [0.29, 0.717) is 29.2 Å². The summed E-state index contributed by atoms with van der Waals surface area (Å²) in [5, 5.41) is 3.77.